The molecule has 3 amide bonds. The summed E-state index contributed by atoms with van der Waals surface area (Å²) in [6, 6.07) is 12.5. The largest absolute Gasteiger partial charge is 0.508 e. The second kappa shape index (κ2) is 13.4. The lowest BCUT2D eigenvalue weighted by molar-refractivity contribution is -0.147. The third-order valence-electron chi connectivity index (χ3n) is 8.05. The predicted octanol–water partition coefficient (Wildman–Crippen LogP) is 5.71. The molecule has 0 radical (unpaired) electrons. The molecule has 0 aliphatic heterocycles. The number of benzene rings is 2. The van der Waals surface area contributed by atoms with E-state index >= 15 is 0 Å². The molecule has 0 spiro atoms. The zero-order valence-corrected chi connectivity index (χ0v) is 24.8. The zero-order chi connectivity index (χ0) is 29.6. The monoisotopic (exact) mass is 563 g/mol. The molecule has 2 atom stereocenters. The fraction of sp³-hybridized carbons (Fsp3) is 0.545. The maximum Gasteiger partial charge on any atom is 0.408 e. The Labute approximate surface area is 243 Å². The number of alkyl carbamates (subject to hydrolysis) is 1. The highest BCUT2D eigenvalue weighted by molar-refractivity contribution is 5.93. The molecule has 4 rings (SSSR count). The summed E-state index contributed by atoms with van der Waals surface area (Å²) in [6.45, 7) is 7.28. The molecule has 0 saturated heterocycles. The van der Waals surface area contributed by atoms with Crippen molar-refractivity contribution in [3.63, 3.8) is 0 Å². The normalized spacial score (nSPS) is 17.6. The number of nitrogens with zero attached hydrogens (tertiary/aromatic N) is 1. The van der Waals surface area contributed by atoms with E-state index in [4.69, 9.17) is 4.74 Å². The SMILES string of the molecule is Cc1ccccc1C(C(=O)NC1CCCCC1)N(C(=O)C(Cc1ccc(O)cc1)NC(=O)OC(C)(C)C)C1CCC1. The van der Waals surface area contributed by atoms with Crippen LogP contribution in [0.5, 0.6) is 5.75 Å². The Morgan fingerprint density at radius 3 is 2.20 bits per heavy atom. The lowest BCUT2D eigenvalue weighted by Gasteiger charge is -2.44. The van der Waals surface area contributed by atoms with E-state index in [0.717, 1.165) is 61.6 Å². The summed E-state index contributed by atoms with van der Waals surface area (Å²) < 4.78 is 5.53. The lowest BCUT2D eigenvalue weighted by Crippen LogP contribution is -2.58. The Hall–Kier alpha value is -3.55. The molecule has 41 heavy (non-hydrogen) atoms. The average molecular weight is 564 g/mol. The van der Waals surface area contributed by atoms with E-state index in [1.807, 2.05) is 31.2 Å². The van der Waals surface area contributed by atoms with Crippen molar-refractivity contribution >= 4 is 17.9 Å². The van der Waals surface area contributed by atoms with E-state index in [1.54, 1.807) is 49.9 Å². The highest BCUT2D eigenvalue weighted by atomic mass is 16.6. The Morgan fingerprint density at radius 1 is 0.951 bits per heavy atom. The lowest BCUT2D eigenvalue weighted by atomic mass is 9.86. The Bertz CT molecular complexity index is 1200. The van der Waals surface area contributed by atoms with Crippen molar-refractivity contribution in [3.8, 4) is 5.75 Å². The molecule has 0 heterocycles. The van der Waals surface area contributed by atoms with Gasteiger partial charge in [0.2, 0.25) is 11.8 Å². The molecule has 2 aliphatic carbocycles. The third-order valence-corrected chi connectivity index (χ3v) is 8.05. The van der Waals surface area contributed by atoms with Gasteiger partial charge in [0, 0.05) is 18.5 Å². The smallest absolute Gasteiger partial charge is 0.408 e. The fourth-order valence-electron chi connectivity index (χ4n) is 5.72. The van der Waals surface area contributed by atoms with Crippen LogP contribution in [0.3, 0.4) is 0 Å². The first kappa shape index (κ1) is 30.4. The predicted molar refractivity (Wildman–Crippen MR) is 158 cm³/mol. The third kappa shape index (κ3) is 8.24. The number of hydrogen-bond acceptors (Lipinski definition) is 5. The standard InChI is InChI=1S/C33H45N3O5/c1-22-11-8-9-16-27(22)29(30(38)34-24-12-6-5-7-13-24)36(25-14-10-15-25)31(39)28(35-32(40)41-33(2,3)4)21-23-17-19-26(37)20-18-23/h8-9,11,16-20,24-25,28-29,37H,5-7,10,12-15,21H2,1-4H3,(H,34,38)(H,35,40). The maximum absolute atomic E-state index is 14.6. The van der Waals surface area contributed by atoms with Gasteiger partial charge in [-0.3, -0.25) is 9.59 Å². The molecule has 2 aromatic carbocycles. The number of amides is 3. The molecule has 0 aromatic heterocycles. The summed E-state index contributed by atoms with van der Waals surface area (Å²) in [7, 11) is 0. The van der Waals surface area contributed by atoms with E-state index in [-0.39, 0.29) is 36.1 Å². The van der Waals surface area contributed by atoms with Gasteiger partial charge in [-0.05, 0) is 88.6 Å². The van der Waals surface area contributed by atoms with Crippen LogP contribution in [0.1, 0.15) is 94.9 Å². The number of hydrogen-bond donors (Lipinski definition) is 3. The van der Waals surface area contributed by atoms with Crippen molar-refractivity contribution in [1.29, 1.82) is 0 Å². The van der Waals surface area contributed by atoms with Crippen LogP contribution in [0.15, 0.2) is 48.5 Å². The van der Waals surface area contributed by atoms with E-state index in [2.05, 4.69) is 10.6 Å². The average Bonchev–Trinajstić information content (AvgIpc) is 2.88. The number of aryl methyl sites for hydroxylation is 1. The van der Waals surface area contributed by atoms with Gasteiger partial charge in [-0.15, -0.1) is 0 Å². The van der Waals surface area contributed by atoms with E-state index < -0.39 is 23.8 Å². The highest BCUT2D eigenvalue weighted by Crippen LogP contribution is 2.35. The van der Waals surface area contributed by atoms with Gasteiger partial charge < -0.3 is 25.4 Å². The molecule has 8 heteroatoms. The van der Waals surface area contributed by atoms with Crippen molar-refractivity contribution in [1.82, 2.24) is 15.5 Å². The first-order chi connectivity index (χ1) is 19.5. The van der Waals surface area contributed by atoms with Gasteiger partial charge in [-0.2, -0.15) is 0 Å². The number of carbonyl (C=O) groups excluding carboxylic acids is 3. The van der Waals surface area contributed by atoms with Crippen LogP contribution in [0.2, 0.25) is 0 Å². The van der Waals surface area contributed by atoms with Crippen molar-refractivity contribution in [2.24, 2.45) is 0 Å². The summed E-state index contributed by atoms with van der Waals surface area (Å²) in [5, 5.41) is 15.9. The molecular weight excluding hydrogens is 518 g/mol. The van der Waals surface area contributed by atoms with E-state index in [1.165, 1.54) is 6.42 Å². The van der Waals surface area contributed by atoms with Crippen LogP contribution in [0.25, 0.3) is 0 Å². The summed E-state index contributed by atoms with van der Waals surface area (Å²) >= 11 is 0. The number of ether oxygens (including phenoxy) is 1. The first-order valence-corrected chi connectivity index (χ1v) is 15.0. The second-order valence-electron chi connectivity index (χ2n) is 12.5. The summed E-state index contributed by atoms with van der Waals surface area (Å²) in [4.78, 5) is 43.4. The molecule has 222 valence electrons. The van der Waals surface area contributed by atoms with Gasteiger partial charge in [0.05, 0.1) is 0 Å². The van der Waals surface area contributed by atoms with Crippen LogP contribution < -0.4 is 10.6 Å². The maximum atomic E-state index is 14.6. The molecule has 2 saturated carbocycles. The van der Waals surface area contributed by atoms with Gasteiger partial charge in [-0.1, -0.05) is 55.7 Å². The Morgan fingerprint density at radius 2 is 1.61 bits per heavy atom. The topological polar surface area (TPSA) is 108 Å². The molecule has 2 aromatic rings. The minimum Gasteiger partial charge on any atom is -0.508 e. The second-order valence-corrected chi connectivity index (χ2v) is 12.5. The summed E-state index contributed by atoms with van der Waals surface area (Å²) in [5.41, 5.74) is 1.75. The molecule has 3 N–H and O–H groups in total. The highest BCUT2D eigenvalue weighted by Gasteiger charge is 2.43. The van der Waals surface area contributed by atoms with E-state index in [0.29, 0.717) is 0 Å². The van der Waals surface area contributed by atoms with Gasteiger partial charge in [0.1, 0.15) is 23.4 Å². The Kier molecular flexibility index (Phi) is 9.94. The van der Waals surface area contributed by atoms with Crippen LogP contribution in [-0.2, 0) is 20.7 Å². The summed E-state index contributed by atoms with van der Waals surface area (Å²) in [5.74, 6) is -0.375. The van der Waals surface area contributed by atoms with Crippen molar-refractivity contribution in [2.45, 2.75) is 115 Å². The van der Waals surface area contributed by atoms with Gasteiger partial charge in [-0.25, -0.2) is 4.79 Å². The Balaban J connectivity index is 1.71. The number of aromatic hydroxyl groups is 1. The minimum absolute atomic E-state index is 0.0915. The zero-order valence-electron chi connectivity index (χ0n) is 24.8. The first-order valence-electron chi connectivity index (χ1n) is 15.0. The van der Waals surface area contributed by atoms with Crippen molar-refractivity contribution in [2.75, 3.05) is 0 Å². The fourth-order valence-corrected chi connectivity index (χ4v) is 5.72. The van der Waals surface area contributed by atoms with Crippen LogP contribution in [0.4, 0.5) is 4.79 Å². The number of nitrogens with one attached hydrogen (secondary N) is 2. The number of rotatable bonds is 9. The van der Waals surface area contributed by atoms with Crippen LogP contribution in [-0.4, -0.2) is 51.6 Å². The molecule has 2 fully saturated rings. The minimum atomic E-state index is -0.969. The molecular formula is C33H45N3O5. The molecule has 0 bridgehead atoms. The number of phenols is 1. The van der Waals surface area contributed by atoms with E-state index in [9.17, 15) is 19.5 Å². The quantitative estimate of drug-likeness (QED) is 0.362. The molecule has 8 nitrogen and oxygen atoms in total. The molecule has 2 aliphatic rings. The van der Waals surface area contributed by atoms with Crippen molar-refractivity contribution in [3.05, 3.63) is 65.2 Å². The van der Waals surface area contributed by atoms with Crippen LogP contribution >= 0.6 is 0 Å². The van der Waals surface area contributed by atoms with Crippen LogP contribution in [0, 0.1) is 6.92 Å². The number of phenolic OH excluding ortho intramolecular Hbond substituents is 1. The van der Waals surface area contributed by atoms with Gasteiger partial charge in [0.25, 0.3) is 0 Å². The van der Waals surface area contributed by atoms with Gasteiger partial charge in [0.15, 0.2) is 0 Å². The summed E-state index contributed by atoms with van der Waals surface area (Å²) in [6.07, 6.45) is 7.28. The number of carbonyl (C=O) groups is 3. The molecule has 2 unspecified atom stereocenters. The van der Waals surface area contributed by atoms with Gasteiger partial charge >= 0.3 is 6.09 Å². The van der Waals surface area contributed by atoms with Crippen molar-refractivity contribution < 1.29 is 24.2 Å².